The molecule has 0 unspecified atom stereocenters. The van der Waals surface area contributed by atoms with Crippen molar-refractivity contribution in [3.63, 3.8) is 0 Å². The van der Waals surface area contributed by atoms with Gasteiger partial charge in [0.2, 0.25) is 5.82 Å². The van der Waals surface area contributed by atoms with E-state index in [1.807, 2.05) is 11.6 Å². The SMILES string of the molecule is CO.Cn1cncc1-c1ccnc(C(=O)NC2CCCCC2)n1.[HH]. The van der Waals surface area contributed by atoms with Crippen LogP contribution in [0.1, 0.15) is 44.1 Å². The van der Waals surface area contributed by atoms with Crippen LogP contribution in [-0.4, -0.2) is 43.7 Å². The summed E-state index contributed by atoms with van der Waals surface area (Å²) in [7, 11) is 2.90. The number of aliphatic hydroxyl groups is 1. The van der Waals surface area contributed by atoms with Gasteiger partial charge in [0.25, 0.3) is 5.91 Å². The molecule has 0 radical (unpaired) electrons. The Kier molecular flexibility index (Phi) is 6.22. The minimum Gasteiger partial charge on any atom is -0.400 e. The molecule has 1 fully saturated rings. The van der Waals surface area contributed by atoms with E-state index in [0.717, 1.165) is 25.6 Å². The maximum absolute atomic E-state index is 12.3. The molecule has 0 aliphatic heterocycles. The van der Waals surface area contributed by atoms with E-state index in [0.29, 0.717) is 5.69 Å². The maximum Gasteiger partial charge on any atom is 0.289 e. The largest absolute Gasteiger partial charge is 0.400 e. The molecule has 3 rings (SSSR count). The van der Waals surface area contributed by atoms with Crippen LogP contribution in [0.15, 0.2) is 24.8 Å². The zero-order chi connectivity index (χ0) is 16.7. The molecule has 2 heterocycles. The van der Waals surface area contributed by atoms with Crippen molar-refractivity contribution < 1.29 is 11.3 Å². The predicted molar refractivity (Wildman–Crippen MR) is 88.8 cm³/mol. The lowest BCUT2D eigenvalue weighted by Gasteiger charge is -2.22. The quantitative estimate of drug-likeness (QED) is 0.900. The van der Waals surface area contributed by atoms with E-state index in [4.69, 9.17) is 5.11 Å². The van der Waals surface area contributed by atoms with Crippen LogP contribution in [0.2, 0.25) is 0 Å². The van der Waals surface area contributed by atoms with Crippen LogP contribution in [-0.2, 0) is 7.05 Å². The van der Waals surface area contributed by atoms with Crippen molar-refractivity contribution in [1.29, 1.82) is 0 Å². The predicted octanol–water partition coefficient (Wildman–Crippen LogP) is 1.79. The van der Waals surface area contributed by atoms with Gasteiger partial charge in [-0.05, 0) is 18.9 Å². The van der Waals surface area contributed by atoms with Gasteiger partial charge in [0.05, 0.1) is 23.9 Å². The second kappa shape index (κ2) is 8.38. The van der Waals surface area contributed by atoms with Gasteiger partial charge in [0.1, 0.15) is 0 Å². The molecule has 0 aromatic carbocycles. The van der Waals surface area contributed by atoms with Gasteiger partial charge in [-0.2, -0.15) is 0 Å². The highest BCUT2D eigenvalue weighted by atomic mass is 16.2. The molecular weight excluding hydrogens is 294 g/mol. The Hall–Kier alpha value is -2.28. The van der Waals surface area contributed by atoms with Crippen LogP contribution in [0.4, 0.5) is 0 Å². The van der Waals surface area contributed by atoms with Gasteiger partial charge in [0.15, 0.2) is 0 Å². The molecular formula is C16H25N5O2. The Balaban J connectivity index is 0.000000925. The first-order valence-electron chi connectivity index (χ1n) is 7.79. The van der Waals surface area contributed by atoms with Gasteiger partial charge in [-0.3, -0.25) is 4.79 Å². The number of nitrogens with one attached hydrogen (secondary N) is 1. The fourth-order valence-corrected chi connectivity index (χ4v) is 2.71. The van der Waals surface area contributed by atoms with Gasteiger partial charge < -0.3 is 15.0 Å². The van der Waals surface area contributed by atoms with E-state index in [1.165, 1.54) is 19.3 Å². The number of amides is 1. The highest BCUT2D eigenvalue weighted by Crippen LogP contribution is 2.18. The summed E-state index contributed by atoms with van der Waals surface area (Å²) >= 11 is 0. The molecule has 1 amide bonds. The molecule has 7 heteroatoms. The van der Waals surface area contributed by atoms with Crippen molar-refractivity contribution >= 4 is 5.91 Å². The third kappa shape index (κ3) is 4.35. The fraction of sp³-hybridized carbons (Fsp3) is 0.500. The van der Waals surface area contributed by atoms with E-state index in [-0.39, 0.29) is 19.2 Å². The highest BCUT2D eigenvalue weighted by molar-refractivity contribution is 5.91. The average Bonchev–Trinajstić information content (AvgIpc) is 3.04. The highest BCUT2D eigenvalue weighted by Gasteiger charge is 2.18. The molecule has 0 bridgehead atoms. The van der Waals surface area contributed by atoms with Crippen LogP contribution >= 0.6 is 0 Å². The number of hydrogen-bond donors (Lipinski definition) is 2. The fourth-order valence-electron chi connectivity index (χ4n) is 2.71. The van der Waals surface area contributed by atoms with E-state index in [1.54, 1.807) is 24.8 Å². The monoisotopic (exact) mass is 319 g/mol. The lowest BCUT2D eigenvalue weighted by atomic mass is 9.95. The second-order valence-electron chi connectivity index (χ2n) is 5.46. The Morgan fingerprint density at radius 2 is 2.09 bits per heavy atom. The summed E-state index contributed by atoms with van der Waals surface area (Å²) in [5.41, 5.74) is 1.57. The van der Waals surface area contributed by atoms with Crippen molar-refractivity contribution in [2.24, 2.45) is 7.05 Å². The lowest BCUT2D eigenvalue weighted by molar-refractivity contribution is 0.0917. The first-order chi connectivity index (χ1) is 11.2. The van der Waals surface area contributed by atoms with Crippen LogP contribution in [0.3, 0.4) is 0 Å². The summed E-state index contributed by atoms with van der Waals surface area (Å²) in [5, 5.41) is 10.0. The van der Waals surface area contributed by atoms with Gasteiger partial charge in [-0.15, -0.1) is 0 Å². The minimum atomic E-state index is -0.189. The molecule has 23 heavy (non-hydrogen) atoms. The summed E-state index contributed by atoms with van der Waals surface area (Å²) in [6.07, 6.45) is 10.8. The molecule has 1 saturated carbocycles. The molecule has 1 aliphatic carbocycles. The average molecular weight is 319 g/mol. The summed E-state index contributed by atoms with van der Waals surface area (Å²) in [5.74, 6) is 0.0326. The van der Waals surface area contributed by atoms with Crippen molar-refractivity contribution in [2.75, 3.05) is 7.11 Å². The summed E-state index contributed by atoms with van der Waals surface area (Å²) in [4.78, 5) is 24.8. The molecule has 126 valence electrons. The minimum absolute atomic E-state index is 0. The number of aromatic nitrogens is 4. The lowest BCUT2D eigenvalue weighted by Crippen LogP contribution is -2.37. The third-order valence-corrected chi connectivity index (χ3v) is 3.88. The first-order valence-corrected chi connectivity index (χ1v) is 7.79. The van der Waals surface area contributed by atoms with E-state index < -0.39 is 0 Å². The van der Waals surface area contributed by atoms with Crippen molar-refractivity contribution in [1.82, 2.24) is 24.8 Å². The molecule has 0 spiro atoms. The smallest absolute Gasteiger partial charge is 0.289 e. The number of imidazole rings is 1. The third-order valence-electron chi connectivity index (χ3n) is 3.88. The van der Waals surface area contributed by atoms with Crippen LogP contribution < -0.4 is 5.32 Å². The zero-order valence-corrected chi connectivity index (χ0v) is 13.6. The zero-order valence-electron chi connectivity index (χ0n) is 13.6. The summed E-state index contributed by atoms with van der Waals surface area (Å²) in [6.45, 7) is 0. The van der Waals surface area contributed by atoms with E-state index >= 15 is 0 Å². The number of nitrogens with zero attached hydrogens (tertiary/aromatic N) is 4. The number of hydrogen-bond acceptors (Lipinski definition) is 5. The Labute approximate surface area is 137 Å². The molecule has 0 atom stereocenters. The normalized spacial score (nSPS) is 14.7. The van der Waals surface area contributed by atoms with E-state index in [9.17, 15) is 4.79 Å². The van der Waals surface area contributed by atoms with E-state index in [2.05, 4.69) is 20.3 Å². The Bertz CT molecular complexity index is 641. The summed E-state index contributed by atoms with van der Waals surface area (Å²) < 4.78 is 1.87. The molecule has 2 aromatic rings. The standard InChI is InChI=1S/C15H19N5O.CH4O.H2/c1-20-10-16-9-13(20)12-7-8-17-14(19-12)15(21)18-11-5-3-2-4-6-11;1-2;/h7-11H,2-6H2,1H3,(H,18,21);2H,1H3;1H. The van der Waals surface area contributed by atoms with Crippen molar-refractivity contribution in [3.8, 4) is 11.4 Å². The number of rotatable bonds is 3. The topological polar surface area (TPSA) is 92.9 Å². The number of aliphatic hydroxyl groups excluding tert-OH is 1. The first kappa shape index (κ1) is 17.1. The molecule has 2 aromatic heterocycles. The van der Waals surface area contributed by atoms with Gasteiger partial charge in [0, 0.05) is 27.8 Å². The molecule has 0 saturated heterocycles. The van der Waals surface area contributed by atoms with Gasteiger partial charge in [-0.1, -0.05) is 19.3 Å². The molecule has 2 N–H and O–H groups in total. The summed E-state index contributed by atoms with van der Waals surface area (Å²) in [6, 6.07) is 2.05. The Morgan fingerprint density at radius 1 is 1.35 bits per heavy atom. The second-order valence-corrected chi connectivity index (χ2v) is 5.46. The van der Waals surface area contributed by atoms with Gasteiger partial charge in [-0.25, -0.2) is 15.0 Å². The van der Waals surface area contributed by atoms with Crippen LogP contribution in [0, 0.1) is 0 Å². The number of carbonyl (C=O) groups excluding carboxylic acids is 1. The Morgan fingerprint density at radius 3 is 2.74 bits per heavy atom. The van der Waals surface area contributed by atoms with Crippen molar-refractivity contribution in [2.45, 2.75) is 38.1 Å². The number of carbonyl (C=O) groups is 1. The maximum atomic E-state index is 12.3. The van der Waals surface area contributed by atoms with Crippen molar-refractivity contribution in [3.05, 3.63) is 30.6 Å². The number of aryl methyl sites for hydroxylation is 1. The van der Waals surface area contributed by atoms with Gasteiger partial charge >= 0.3 is 0 Å². The molecule has 1 aliphatic rings. The van der Waals surface area contributed by atoms with Crippen LogP contribution in [0.25, 0.3) is 11.4 Å². The molecule has 7 nitrogen and oxygen atoms in total. The van der Waals surface area contributed by atoms with Crippen LogP contribution in [0.5, 0.6) is 0 Å².